The van der Waals surface area contributed by atoms with Crippen LogP contribution in [0, 0.1) is 13.8 Å². The van der Waals surface area contributed by atoms with Crippen LogP contribution in [-0.2, 0) is 0 Å². The lowest BCUT2D eigenvalue weighted by atomic mass is 9.94. The van der Waals surface area contributed by atoms with Gasteiger partial charge in [-0.05, 0) is 50.4 Å². The lowest BCUT2D eigenvalue weighted by Crippen LogP contribution is -2.17. The quantitative estimate of drug-likeness (QED) is 0.851. The predicted octanol–water partition coefficient (Wildman–Crippen LogP) is 4.72. The van der Waals surface area contributed by atoms with Crippen LogP contribution in [0.4, 0.5) is 0 Å². The van der Waals surface area contributed by atoms with E-state index < -0.39 is 0 Å². The number of nitrogens with one attached hydrogen (secondary N) is 1. The topological polar surface area (TPSA) is 25.2 Å². The van der Waals surface area contributed by atoms with Gasteiger partial charge < -0.3 is 9.73 Å². The second-order valence-electron chi connectivity index (χ2n) is 5.57. The summed E-state index contributed by atoms with van der Waals surface area (Å²) in [5.74, 6) is 2.58. The summed E-state index contributed by atoms with van der Waals surface area (Å²) in [6, 6.07) is 11.3. The zero-order valence-electron chi connectivity index (χ0n) is 13.2. The minimum Gasteiger partial charge on any atom is -0.466 e. The number of benzene rings is 1. The van der Waals surface area contributed by atoms with Crippen LogP contribution in [0.5, 0.6) is 0 Å². The summed E-state index contributed by atoms with van der Waals surface area (Å²) in [4.78, 5) is 0. The SMILES string of the molecule is CCC(C)c1ccc(C(NC)c2cc(C)oc2C)cc1. The molecule has 0 aliphatic carbocycles. The molecule has 0 fully saturated rings. The Morgan fingerprint density at radius 3 is 2.15 bits per heavy atom. The van der Waals surface area contributed by atoms with Gasteiger partial charge in [0.25, 0.3) is 0 Å². The third-order valence-electron chi connectivity index (χ3n) is 4.13. The Kier molecular flexibility index (Phi) is 4.66. The number of hydrogen-bond acceptors (Lipinski definition) is 2. The van der Waals surface area contributed by atoms with Gasteiger partial charge in [0.15, 0.2) is 0 Å². The summed E-state index contributed by atoms with van der Waals surface area (Å²) in [7, 11) is 2.00. The van der Waals surface area contributed by atoms with Crippen molar-refractivity contribution in [2.24, 2.45) is 0 Å². The second-order valence-corrected chi connectivity index (χ2v) is 5.57. The molecule has 0 aliphatic rings. The molecular formula is C18H25NO. The second kappa shape index (κ2) is 6.27. The minimum absolute atomic E-state index is 0.193. The van der Waals surface area contributed by atoms with Gasteiger partial charge in [0, 0.05) is 5.56 Å². The van der Waals surface area contributed by atoms with Crippen molar-refractivity contribution in [3.8, 4) is 0 Å². The molecule has 2 nitrogen and oxygen atoms in total. The molecule has 2 aromatic rings. The maximum Gasteiger partial charge on any atom is 0.106 e. The van der Waals surface area contributed by atoms with E-state index in [1.54, 1.807) is 0 Å². The highest BCUT2D eigenvalue weighted by atomic mass is 16.3. The van der Waals surface area contributed by atoms with Gasteiger partial charge in [0.1, 0.15) is 11.5 Å². The molecule has 2 heteroatoms. The summed E-state index contributed by atoms with van der Waals surface area (Å²) >= 11 is 0. The van der Waals surface area contributed by atoms with Gasteiger partial charge in [0.05, 0.1) is 6.04 Å². The van der Waals surface area contributed by atoms with Crippen molar-refractivity contribution in [3.63, 3.8) is 0 Å². The smallest absolute Gasteiger partial charge is 0.106 e. The largest absolute Gasteiger partial charge is 0.466 e. The third kappa shape index (κ3) is 2.96. The van der Waals surface area contributed by atoms with Gasteiger partial charge in [-0.3, -0.25) is 0 Å². The molecule has 0 amide bonds. The first-order chi connectivity index (χ1) is 9.56. The summed E-state index contributed by atoms with van der Waals surface area (Å²) in [5, 5.41) is 3.39. The van der Waals surface area contributed by atoms with E-state index in [1.807, 2.05) is 20.9 Å². The van der Waals surface area contributed by atoms with Gasteiger partial charge in [-0.2, -0.15) is 0 Å². The van der Waals surface area contributed by atoms with Gasteiger partial charge in [0.2, 0.25) is 0 Å². The summed E-state index contributed by atoms with van der Waals surface area (Å²) < 4.78 is 5.66. The Bertz CT molecular complexity index is 553. The number of furan rings is 1. The van der Waals surface area contributed by atoms with E-state index in [0.29, 0.717) is 5.92 Å². The average Bonchev–Trinajstić information content (AvgIpc) is 2.78. The molecular weight excluding hydrogens is 246 g/mol. The molecule has 0 radical (unpaired) electrons. The normalized spacial score (nSPS) is 14.2. The van der Waals surface area contributed by atoms with Crippen molar-refractivity contribution in [1.82, 2.24) is 5.32 Å². The first-order valence-corrected chi connectivity index (χ1v) is 7.40. The van der Waals surface area contributed by atoms with Crippen LogP contribution in [0.25, 0.3) is 0 Å². The number of aryl methyl sites for hydroxylation is 2. The van der Waals surface area contributed by atoms with Gasteiger partial charge in [-0.25, -0.2) is 0 Å². The van der Waals surface area contributed by atoms with Crippen LogP contribution in [0.15, 0.2) is 34.7 Å². The molecule has 0 bridgehead atoms. The molecule has 1 N–H and O–H groups in total. The zero-order valence-corrected chi connectivity index (χ0v) is 13.2. The van der Waals surface area contributed by atoms with E-state index in [-0.39, 0.29) is 6.04 Å². The fourth-order valence-corrected chi connectivity index (χ4v) is 2.69. The third-order valence-corrected chi connectivity index (χ3v) is 4.13. The minimum atomic E-state index is 0.193. The molecule has 0 saturated heterocycles. The molecule has 1 aromatic heterocycles. The Morgan fingerprint density at radius 2 is 1.70 bits per heavy atom. The summed E-state index contributed by atoms with van der Waals surface area (Å²) in [6.07, 6.45) is 1.18. The molecule has 108 valence electrons. The highest BCUT2D eigenvalue weighted by Gasteiger charge is 2.17. The average molecular weight is 271 g/mol. The fourth-order valence-electron chi connectivity index (χ4n) is 2.69. The highest BCUT2D eigenvalue weighted by molar-refractivity contribution is 5.36. The van der Waals surface area contributed by atoms with Crippen molar-refractivity contribution in [3.05, 3.63) is 58.5 Å². The van der Waals surface area contributed by atoms with Crippen LogP contribution in [0.3, 0.4) is 0 Å². The van der Waals surface area contributed by atoms with E-state index in [0.717, 1.165) is 11.5 Å². The van der Waals surface area contributed by atoms with Gasteiger partial charge in [-0.1, -0.05) is 38.1 Å². The first kappa shape index (κ1) is 14.9. The van der Waals surface area contributed by atoms with E-state index in [9.17, 15) is 0 Å². The first-order valence-electron chi connectivity index (χ1n) is 7.40. The molecule has 1 aromatic carbocycles. The van der Waals surface area contributed by atoms with Crippen LogP contribution in [0.2, 0.25) is 0 Å². The number of rotatable bonds is 5. The molecule has 2 atom stereocenters. The Morgan fingerprint density at radius 1 is 1.10 bits per heavy atom. The Balaban J connectivity index is 2.30. The van der Waals surface area contributed by atoms with Crippen molar-refractivity contribution in [2.75, 3.05) is 7.05 Å². The summed E-state index contributed by atoms with van der Waals surface area (Å²) in [5.41, 5.74) is 3.91. The van der Waals surface area contributed by atoms with Crippen LogP contribution in [0.1, 0.15) is 60.4 Å². The van der Waals surface area contributed by atoms with Gasteiger partial charge >= 0.3 is 0 Å². The van der Waals surface area contributed by atoms with Crippen LogP contribution >= 0.6 is 0 Å². The highest BCUT2D eigenvalue weighted by Crippen LogP contribution is 2.28. The molecule has 2 unspecified atom stereocenters. The fraction of sp³-hybridized carbons (Fsp3) is 0.444. The van der Waals surface area contributed by atoms with E-state index in [2.05, 4.69) is 49.5 Å². The predicted molar refractivity (Wildman–Crippen MR) is 84.2 cm³/mol. The molecule has 1 heterocycles. The number of hydrogen-bond donors (Lipinski definition) is 1. The van der Waals surface area contributed by atoms with E-state index in [4.69, 9.17) is 4.42 Å². The van der Waals surface area contributed by atoms with Crippen molar-refractivity contribution < 1.29 is 4.42 Å². The van der Waals surface area contributed by atoms with Gasteiger partial charge in [-0.15, -0.1) is 0 Å². The van der Waals surface area contributed by atoms with Crippen LogP contribution in [-0.4, -0.2) is 7.05 Å². The van der Waals surface area contributed by atoms with E-state index in [1.165, 1.54) is 23.1 Å². The lowest BCUT2D eigenvalue weighted by molar-refractivity contribution is 0.497. The van der Waals surface area contributed by atoms with E-state index >= 15 is 0 Å². The molecule has 20 heavy (non-hydrogen) atoms. The Labute approximate surface area is 122 Å². The zero-order chi connectivity index (χ0) is 14.7. The maximum atomic E-state index is 5.66. The lowest BCUT2D eigenvalue weighted by Gasteiger charge is -2.17. The van der Waals surface area contributed by atoms with Crippen molar-refractivity contribution in [2.45, 2.75) is 46.1 Å². The molecule has 0 spiro atoms. The maximum absolute atomic E-state index is 5.66. The van der Waals surface area contributed by atoms with Crippen LogP contribution < -0.4 is 5.32 Å². The standard InChI is InChI=1S/C18H25NO/c1-6-12(2)15-7-9-16(10-8-15)18(19-5)17-11-13(3)20-14(17)4/h7-12,18-19H,6H2,1-5H3. The molecule has 0 saturated carbocycles. The molecule has 2 rings (SSSR count). The monoisotopic (exact) mass is 271 g/mol. The Hall–Kier alpha value is -1.54. The van der Waals surface area contributed by atoms with Crippen molar-refractivity contribution >= 4 is 0 Å². The molecule has 0 aliphatic heterocycles. The summed E-state index contributed by atoms with van der Waals surface area (Å²) in [6.45, 7) is 8.52. The van der Waals surface area contributed by atoms with Crippen molar-refractivity contribution in [1.29, 1.82) is 0 Å².